The number of carbonyl (C=O) groups is 2. The number of rotatable bonds is 3. The Bertz CT molecular complexity index is 527. The number of carboxylic acid groups (broad SMARTS) is 1. The fraction of sp³-hybridized carbons (Fsp3) is 0.429. The van der Waals surface area contributed by atoms with Crippen molar-refractivity contribution >= 4 is 29.2 Å². The zero-order valence-electron chi connectivity index (χ0n) is 10.7. The first-order chi connectivity index (χ1) is 9.47. The van der Waals surface area contributed by atoms with Gasteiger partial charge in [-0.15, -0.1) is 0 Å². The maximum Gasteiger partial charge on any atom is 0.306 e. The fourth-order valence-electron chi connectivity index (χ4n) is 2.43. The van der Waals surface area contributed by atoms with Gasteiger partial charge in [0, 0.05) is 10.9 Å². The van der Waals surface area contributed by atoms with Gasteiger partial charge in [0.25, 0.3) is 0 Å². The number of hydrogen-bond acceptors (Lipinski definition) is 2. The number of amides is 1. The van der Waals surface area contributed by atoms with Crippen molar-refractivity contribution in [1.29, 1.82) is 0 Å². The maximum atomic E-state index is 13.6. The Kier molecular flexibility index (Phi) is 4.60. The van der Waals surface area contributed by atoms with E-state index in [0.717, 1.165) is 6.07 Å². The number of aliphatic carboxylic acids is 1. The van der Waals surface area contributed by atoms with E-state index in [2.05, 4.69) is 5.32 Å². The van der Waals surface area contributed by atoms with Gasteiger partial charge in [0.15, 0.2) is 0 Å². The lowest BCUT2D eigenvalue weighted by Crippen LogP contribution is -2.29. The molecular weight excluding hydrogens is 285 g/mol. The number of anilines is 1. The van der Waals surface area contributed by atoms with Crippen molar-refractivity contribution in [2.75, 3.05) is 5.32 Å². The number of carboxylic acids is 1. The number of carbonyl (C=O) groups excluding carboxylic acids is 1. The minimum absolute atomic E-state index is 0.0970. The number of nitrogens with one attached hydrogen (secondary N) is 1. The van der Waals surface area contributed by atoms with Crippen LogP contribution in [0.1, 0.15) is 25.7 Å². The highest BCUT2D eigenvalue weighted by molar-refractivity contribution is 6.30. The van der Waals surface area contributed by atoms with E-state index in [1.807, 2.05) is 0 Å². The quantitative estimate of drug-likeness (QED) is 0.900. The van der Waals surface area contributed by atoms with Gasteiger partial charge in [0.1, 0.15) is 5.82 Å². The largest absolute Gasteiger partial charge is 0.481 e. The molecule has 0 heterocycles. The molecule has 1 aromatic carbocycles. The first kappa shape index (κ1) is 14.8. The summed E-state index contributed by atoms with van der Waals surface area (Å²) in [6, 6.07) is 4.05. The molecule has 1 aromatic rings. The van der Waals surface area contributed by atoms with E-state index in [0.29, 0.717) is 25.7 Å². The summed E-state index contributed by atoms with van der Waals surface area (Å²) in [6.07, 6.45) is 1.99. The molecule has 1 aliphatic carbocycles. The molecule has 6 heteroatoms. The Morgan fingerprint density at radius 2 is 1.80 bits per heavy atom. The van der Waals surface area contributed by atoms with Crippen LogP contribution in [-0.4, -0.2) is 17.0 Å². The average molecular weight is 300 g/mol. The summed E-state index contributed by atoms with van der Waals surface area (Å²) >= 11 is 5.64. The predicted octanol–water partition coefficient (Wildman–Crippen LogP) is 3.31. The van der Waals surface area contributed by atoms with E-state index < -0.39 is 11.8 Å². The molecule has 2 N–H and O–H groups in total. The summed E-state index contributed by atoms with van der Waals surface area (Å²) in [7, 11) is 0. The number of hydrogen-bond donors (Lipinski definition) is 2. The summed E-state index contributed by atoms with van der Waals surface area (Å²) in [6.45, 7) is 0. The zero-order chi connectivity index (χ0) is 14.7. The summed E-state index contributed by atoms with van der Waals surface area (Å²) < 4.78 is 13.6. The Hall–Kier alpha value is -1.62. The second-order valence-electron chi connectivity index (χ2n) is 5.00. The summed E-state index contributed by atoms with van der Waals surface area (Å²) in [4.78, 5) is 22.9. The fourth-order valence-corrected chi connectivity index (χ4v) is 2.59. The van der Waals surface area contributed by atoms with Gasteiger partial charge >= 0.3 is 5.97 Å². The Labute approximate surface area is 120 Å². The van der Waals surface area contributed by atoms with Crippen molar-refractivity contribution in [3.63, 3.8) is 0 Å². The monoisotopic (exact) mass is 299 g/mol. The highest BCUT2D eigenvalue weighted by atomic mass is 35.5. The van der Waals surface area contributed by atoms with E-state index in [4.69, 9.17) is 16.7 Å². The minimum atomic E-state index is -0.812. The topological polar surface area (TPSA) is 66.4 Å². The van der Waals surface area contributed by atoms with Gasteiger partial charge in [-0.1, -0.05) is 11.6 Å². The Morgan fingerprint density at radius 3 is 2.35 bits per heavy atom. The van der Waals surface area contributed by atoms with Crippen molar-refractivity contribution in [2.24, 2.45) is 11.8 Å². The van der Waals surface area contributed by atoms with Crippen LogP contribution < -0.4 is 5.32 Å². The van der Waals surface area contributed by atoms with Crippen molar-refractivity contribution in [3.8, 4) is 0 Å². The molecule has 0 bridgehead atoms. The van der Waals surface area contributed by atoms with Gasteiger partial charge < -0.3 is 10.4 Å². The molecule has 0 aliphatic heterocycles. The van der Waals surface area contributed by atoms with Gasteiger partial charge in [0.2, 0.25) is 5.91 Å². The van der Waals surface area contributed by atoms with Crippen LogP contribution in [0.3, 0.4) is 0 Å². The molecule has 20 heavy (non-hydrogen) atoms. The molecule has 0 radical (unpaired) electrons. The van der Waals surface area contributed by atoms with Gasteiger partial charge in [0.05, 0.1) is 11.6 Å². The van der Waals surface area contributed by atoms with Crippen LogP contribution in [0.2, 0.25) is 5.02 Å². The zero-order valence-corrected chi connectivity index (χ0v) is 11.5. The molecule has 0 unspecified atom stereocenters. The smallest absolute Gasteiger partial charge is 0.306 e. The lowest BCUT2D eigenvalue weighted by atomic mass is 9.81. The predicted molar refractivity (Wildman–Crippen MR) is 73.1 cm³/mol. The Balaban J connectivity index is 1.94. The number of halogens is 2. The van der Waals surface area contributed by atoms with Crippen LogP contribution in [0.4, 0.5) is 10.1 Å². The first-order valence-corrected chi connectivity index (χ1v) is 6.84. The van der Waals surface area contributed by atoms with Crippen LogP contribution in [0.15, 0.2) is 18.2 Å². The van der Waals surface area contributed by atoms with Crippen molar-refractivity contribution in [3.05, 3.63) is 29.0 Å². The summed E-state index contributed by atoms with van der Waals surface area (Å²) in [5, 5.41) is 11.7. The average Bonchev–Trinajstić information content (AvgIpc) is 2.42. The highest BCUT2D eigenvalue weighted by Crippen LogP contribution is 2.30. The van der Waals surface area contributed by atoms with Crippen molar-refractivity contribution < 1.29 is 19.1 Å². The number of benzene rings is 1. The van der Waals surface area contributed by atoms with Crippen LogP contribution in [0.25, 0.3) is 0 Å². The van der Waals surface area contributed by atoms with Crippen molar-refractivity contribution in [1.82, 2.24) is 0 Å². The first-order valence-electron chi connectivity index (χ1n) is 6.46. The lowest BCUT2D eigenvalue weighted by molar-refractivity contribution is -0.143. The molecule has 1 saturated carbocycles. The lowest BCUT2D eigenvalue weighted by Gasteiger charge is -2.25. The summed E-state index contributed by atoms with van der Waals surface area (Å²) in [5.74, 6) is -2.29. The van der Waals surface area contributed by atoms with Gasteiger partial charge in [-0.2, -0.15) is 0 Å². The molecule has 1 amide bonds. The minimum Gasteiger partial charge on any atom is -0.481 e. The normalized spacial score (nSPS) is 22.3. The maximum absolute atomic E-state index is 13.6. The molecular formula is C14H15ClFNO3. The van der Waals surface area contributed by atoms with E-state index in [1.165, 1.54) is 12.1 Å². The van der Waals surface area contributed by atoms with Gasteiger partial charge in [-0.25, -0.2) is 4.39 Å². The van der Waals surface area contributed by atoms with Crippen LogP contribution >= 0.6 is 11.6 Å². The molecule has 1 aliphatic rings. The van der Waals surface area contributed by atoms with E-state index in [-0.39, 0.29) is 28.5 Å². The van der Waals surface area contributed by atoms with Crippen LogP contribution in [-0.2, 0) is 9.59 Å². The third-order valence-electron chi connectivity index (χ3n) is 3.64. The molecule has 0 aromatic heterocycles. The van der Waals surface area contributed by atoms with Gasteiger partial charge in [-0.3, -0.25) is 9.59 Å². The summed E-state index contributed by atoms with van der Waals surface area (Å²) in [5.41, 5.74) is 0.0970. The van der Waals surface area contributed by atoms with Gasteiger partial charge in [-0.05, 0) is 43.9 Å². The Morgan fingerprint density at radius 1 is 1.20 bits per heavy atom. The van der Waals surface area contributed by atoms with E-state index in [1.54, 1.807) is 0 Å². The second-order valence-corrected chi connectivity index (χ2v) is 5.44. The molecule has 1 fully saturated rings. The highest BCUT2D eigenvalue weighted by Gasteiger charge is 2.29. The molecule has 0 spiro atoms. The van der Waals surface area contributed by atoms with E-state index >= 15 is 0 Å². The molecule has 4 nitrogen and oxygen atoms in total. The molecule has 108 valence electrons. The third-order valence-corrected chi connectivity index (χ3v) is 3.87. The third kappa shape index (κ3) is 3.48. The van der Waals surface area contributed by atoms with Crippen LogP contribution in [0.5, 0.6) is 0 Å². The van der Waals surface area contributed by atoms with E-state index in [9.17, 15) is 14.0 Å². The molecule has 2 rings (SSSR count). The molecule has 0 saturated heterocycles. The van der Waals surface area contributed by atoms with Crippen LogP contribution in [0, 0.1) is 17.7 Å². The standard InChI is InChI=1S/C14H15ClFNO3/c15-10-5-6-12(11(16)7-10)17-13(18)8-1-3-9(4-2-8)14(19)20/h5-9H,1-4H2,(H,17,18)(H,19,20). The molecule has 0 atom stereocenters. The SMILES string of the molecule is O=C(O)C1CCC(C(=O)Nc2ccc(Cl)cc2F)CC1. The van der Waals surface area contributed by atoms with Crippen molar-refractivity contribution in [2.45, 2.75) is 25.7 Å². The second kappa shape index (κ2) is 6.22.